The monoisotopic (exact) mass is 208 g/mol. The predicted molar refractivity (Wildman–Crippen MR) is 60.1 cm³/mol. The number of aryl methyl sites for hydroxylation is 1. The molecule has 0 saturated carbocycles. The molecule has 0 radical (unpaired) electrons. The molecule has 0 aliphatic carbocycles. The van der Waals surface area contributed by atoms with E-state index in [1.54, 1.807) is 13.2 Å². The van der Waals surface area contributed by atoms with Crippen LogP contribution in [0.3, 0.4) is 0 Å². The lowest BCUT2D eigenvalue weighted by molar-refractivity contribution is 0.100. The molecule has 0 spiro atoms. The Morgan fingerprint density at radius 2 is 2.27 bits per heavy atom. The zero-order valence-corrected chi connectivity index (χ0v) is 9.04. The first-order valence-corrected chi connectivity index (χ1v) is 4.78. The Labute approximate surface area is 89.4 Å². The van der Waals surface area contributed by atoms with Crippen LogP contribution in [-0.4, -0.2) is 26.2 Å². The molecule has 1 aromatic carbocycles. The molecule has 4 nitrogen and oxygen atoms in total. The Morgan fingerprint density at radius 3 is 2.87 bits per heavy atom. The van der Waals surface area contributed by atoms with Gasteiger partial charge in [0.1, 0.15) is 0 Å². The second kappa shape index (κ2) is 5.36. The van der Waals surface area contributed by atoms with Crippen LogP contribution in [0.1, 0.15) is 15.9 Å². The van der Waals surface area contributed by atoms with Crippen LogP contribution < -0.4 is 11.1 Å². The first-order chi connectivity index (χ1) is 7.15. The van der Waals surface area contributed by atoms with Gasteiger partial charge in [-0.2, -0.15) is 0 Å². The Hall–Kier alpha value is -1.55. The number of rotatable bonds is 5. The highest BCUT2D eigenvalue weighted by atomic mass is 16.5. The molecule has 4 heteroatoms. The fraction of sp³-hybridized carbons (Fsp3) is 0.364. The van der Waals surface area contributed by atoms with Crippen LogP contribution in [0.2, 0.25) is 0 Å². The summed E-state index contributed by atoms with van der Waals surface area (Å²) in [6.45, 7) is 3.21. The number of hydrogen-bond donors (Lipinski definition) is 2. The summed E-state index contributed by atoms with van der Waals surface area (Å²) in [7, 11) is 1.63. The maximum atomic E-state index is 11.1. The maximum absolute atomic E-state index is 11.1. The number of hydrogen-bond acceptors (Lipinski definition) is 3. The van der Waals surface area contributed by atoms with E-state index in [-0.39, 0.29) is 0 Å². The smallest absolute Gasteiger partial charge is 0.250 e. The standard InChI is InChI=1S/C11H16N2O2/c1-8-3-4-9(11(12)14)10(7-8)13-5-6-15-2/h3-4,7,13H,5-6H2,1-2H3,(H2,12,14). The van der Waals surface area contributed by atoms with E-state index in [1.807, 2.05) is 19.1 Å². The van der Waals surface area contributed by atoms with Crippen LogP contribution >= 0.6 is 0 Å². The molecule has 0 aromatic heterocycles. The molecular weight excluding hydrogens is 192 g/mol. The average molecular weight is 208 g/mol. The van der Waals surface area contributed by atoms with Gasteiger partial charge < -0.3 is 15.8 Å². The van der Waals surface area contributed by atoms with E-state index in [1.165, 1.54) is 0 Å². The van der Waals surface area contributed by atoms with Gasteiger partial charge in [0.15, 0.2) is 0 Å². The van der Waals surface area contributed by atoms with Gasteiger partial charge in [-0.1, -0.05) is 6.07 Å². The van der Waals surface area contributed by atoms with Gasteiger partial charge in [0, 0.05) is 19.3 Å². The zero-order chi connectivity index (χ0) is 11.3. The van der Waals surface area contributed by atoms with E-state index in [0.717, 1.165) is 11.3 Å². The van der Waals surface area contributed by atoms with Crippen molar-refractivity contribution in [2.75, 3.05) is 25.6 Å². The normalized spacial score (nSPS) is 10.0. The molecule has 0 bridgehead atoms. The summed E-state index contributed by atoms with van der Waals surface area (Å²) < 4.78 is 4.92. The van der Waals surface area contributed by atoms with Gasteiger partial charge in [0.2, 0.25) is 0 Å². The second-order valence-corrected chi connectivity index (χ2v) is 3.33. The van der Waals surface area contributed by atoms with Crippen LogP contribution in [0, 0.1) is 6.92 Å². The van der Waals surface area contributed by atoms with E-state index in [2.05, 4.69) is 5.32 Å². The largest absolute Gasteiger partial charge is 0.383 e. The second-order valence-electron chi connectivity index (χ2n) is 3.33. The lowest BCUT2D eigenvalue weighted by atomic mass is 10.1. The summed E-state index contributed by atoms with van der Waals surface area (Å²) in [6, 6.07) is 5.49. The van der Waals surface area contributed by atoms with Gasteiger partial charge in [-0.25, -0.2) is 0 Å². The number of benzene rings is 1. The minimum Gasteiger partial charge on any atom is -0.383 e. The fourth-order valence-electron chi connectivity index (χ4n) is 1.31. The van der Waals surface area contributed by atoms with Crippen molar-refractivity contribution in [3.63, 3.8) is 0 Å². The number of anilines is 1. The van der Waals surface area contributed by atoms with Crippen LogP contribution in [0.4, 0.5) is 5.69 Å². The highest BCUT2D eigenvalue weighted by Gasteiger charge is 2.07. The van der Waals surface area contributed by atoms with Gasteiger partial charge >= 0.3 is 0 Å². The van der Waals surface area contributed by atoms with Crippen molar-refractivity contribution in [3.05, 3.63) is 29.3 Å². The van der Waals surface area contributed by atoms with Crippen molar-refractivity contribution < 1.29 is 9.53 Å². The van der Waals surface area contributed by atoms with Crippen molar-refractivity contribution in [1.82, 2.24) is 0 Å². The van der Waals surface area contributed by atoms with Crippen LogP contribution in [0.5, 0.6) is 0 Å². The van der Waals surface area contributed by atoms with E-state index >= 15 is 0 Å². The third kappa shape index (κ3) is 3.25. The number of nitrogens with two attached hydrogens (primary N) is 1. The molecule has 82 valence electrons. The summed E-state index contributed by atoms with van der Waals surface area (Å²) in [6.07, 6.45) is 0. The van der Waals surface area contributed by atoms with E-state index in [0.29, 0.717) is 18.7 Å². The number of carbonyl (C=O) groups excluding carboxylic acids is 1. The third-order valence-corrected chi connectivity index (χ3v) is 2.06. The topological polar surface area (TPSA) is 64.3 Å². The lowest BCUT2D eigenvalue weighted by Gasteiger charge is -2.10. The number of carbonyl (C=O) groups is 1. The van der Waals surface area contributed by atoms with E-state index in [9.17, 15) is 4.79 Å². The van der Waals surface area contributed by atoms with Crippen molar-refractivity contribution in [2.45, 2.75) is 6.92 Å². The maximum Gasteiger partial charge on any atom is 0.250 e. The SMILES string of the molecule is COCCNc1cc(C)ccc1C(N)=O. The molecule has 1 aromatic rings. The lowest BCUT2D eigenvalue weighted by Crippen LogP contribution is -2.16. The predicted octanol–water partition coefficient (Wildman–Crippen LogP) is 1.15. The number of methoxy groups -OCH3 is 1. The number of nitrogens with one attached hydrogen (secondary N) is 1. The molecule has 1 amide bonds. The minimum atomic E-state index is -0.421. The van der Waals surface area contributed by atoms with E-state index in [4.69, 9.17) is 10.5 Å². The van der Waals surface area contributed by atoms with Crippen LogP contribution in [0.25, 0.3) is 0 Å². The first kappa shape index (κ1) is 11.5. The summed E-state index contributed by atoms with van der Waals surface area (Å²) >= 11 is 0. The highest BCUT2D eigenvalue weighted by Crippen LogP contribution is 2.16. The number of amides is 1. The third-order valence-electron chi connectivity index (χ3n) is 2.06. The summed E-state index contributed by atoms with van der Waals surface area (Å²) in [5.41, 5.74) is 7.62. The molecule has 0 saturated heterocycles. The van der Waals surface area contributed by atoms with Crippen molar-refractivity contribution in [2.24, 2.45) is 5.73 Å². The van der Waals surface area contributed by atoms with Gasteiger partial charge in [0.05, 0.1) is 12.2 Å². The molecular formula is C11H16N2O2. The van der Waals surface area contributed by atoms with Crippen LogP contribution in [-0.2, 0) is 4.74 Å². The average Bonchev–Trinajstić information content (AvgIpc) is 2.18. The van der Waals surface area contributed by atoms with Gasteiger partial charge in [-0.15, -0.1) is 0 Å². The van der Waals surface area contributed by atoms with E-state index < -0.39 is 5.91 Å². The Bertz CT molecular complexity index is 350. The molecule has 3 N–H and O–H groups in total. The molecule has 0 unspecified atom stereocenters. The minimum absolute atomic E-state index is 0.421. The number of primary amides is 1. The van der Waals surface area contributed by atoms with Gasteiger partial charge in [-0.3, -0.25) is 4.79 Å². The van der Waals surface area contributed by atoms with Gasteiger partial charge in [0.25, 0.3) is 5.91 Å². The zero-order valence-electron chi connectivity index (χ0n) is 9.04. The van der Waals surface area contributed by atoms with Crippen molar-refractivity contribution in [3.8, 4) is 0 Å². The van der Waals surface area contributed by atoms with Gasteiger partial charge in [-0.05, 0) is 24.6 Å². The number of ether oxygens (including phenoxy) is 1. The summed E-state index contributed by atoms with van der Waals surface area (Å²) in [5, 5.41) is 3.11. The molecule has 0 heterocycles. The molecule has 15 heavy (non-hydrogen) atoms. The Kier molecular flexibility index (Phi) is 4.12. The molecule has 0 aliphatic heterocycles. The summed E-state index contributed by atoms with van der Waals surface area (Å²) in [4.78, 5) is 11.1. The fourth-order valence-corrected chi connectivity index (χ4v) is 1.31. The highest BCUT2D eigenvalue weighted by molar-refractivity contribution is 5.98. The molecule has 0 fully saturated rings. The first-order valence-electron chi connectivity index (χ1n) is 4.78. The quantitative estimate of drug-likeness (QED) is 0.713. The van der Waals surface area contributed by atoms with Crippen molar-refractivity contribution in [1.29, 1.82) is 0 Å². The summed E-state index contributed by atoms with van der Waals surface area (Å²) in [5.74, 6) is -0.421. The molecule has 1 rings (SSSR count). The van der Waals surface area contributed by atoms with Crippen molar-refractivity contribution >= 4 is 11.6 Å². The Balaban J connectivity index is 2.82. The van der Waals surface area contributed by atoms with Crippen LogP contribution in [0.15, 0.2) is 18.2 Å². The Morgan fingerprint density at radius 1 is 1.53 bits per heavy atom. The molecule has 0 aliphatic rings. The molecule has 0 atom stereocenters.